The van der Waals surface area contributed by atoms with Crippen LogP contribution in [0.3, 0.4) is 0 Å². The van der Waals surface area contributed by atoms with E-state index < -0.39 is 17.2 Å². The summed E-state index contributed by atoms with van der Waals surface area (Å²) in [5.41, 5.74) is 7.69. The molecule has 3 N–H and O–H groups in total. The van der Waals surface area contributed by atoms with Gasteiger partial charge in [0.25, 0.3) is 5.91 Å². The van der Waals surface area contributed by atoms with Crippen LogP contribution >= 0.6 is 0 Å². The lowest BCUT2D eigenvalue weighted by molar-refractivity contribution is 0.0935. The Morgan fingerprint density at radius 1 is 1.28 bits per heavy atom. The minimum Gasteiger partial charge on any atom is -0.485 e. The first-order valence-electron chi connectivity index (χ1n) is 10.6. The Morgan fingerprint density at radius 2 is 1.94 bits per heavy atom. The van der Waals surface area contributed by atoms with Crippen LogP contribution < -0.4 is 15.8 Å². The van der Waals surface area contributed by atoms with E-state index >= 15 is 0 Å². The van der Waals surface area contributed by atoms with E-state index in [1.54, 1.807) is 23.6 Å². The molecule has 1 amide bonds. The molecule has 2 heterocycles. The molecule has 32 heavy (non-hydrogen) atoms. The van der Waals surface area contributed by atoms with Crippen LogP contribution in [0.4, 0.5) is 8.78 Å². The largest absolute Gasteiger partial charge is 0.485 e. The number of aryl methyl sites for hydroxylation is 2. The molecule has 0 aliphatic carbocycles. The zero-order valence-corrected chi connectivity index (χ0v) is 19.1. The van der Waals surface area contributed by atoms with Crippen LogP contribution in [0.2, 0.25) is 0 Å². The Bertz CT molecular complexity index is 1120. The molecule has 6 nitrogen and oxygen atoms in total. The number of halogens is 2. The molecular weight excluding hydrogens is 414 g/mol. The third kappa shape index (κ3) is 5.24. The molecule has 0 saturated heterocycles. The molecule has 3 aromatic rings. The highest BCUT2D eigenvalue weighted by Gasteiger charge is 2.24. The van der Waals surface area contributed by atoms with Crippen LogP contribution in [0.25, 0.3) is 5.65 Å². The number of carbonyl (C=O) groups excluding carboxylic acids is 1. The van der Waals surface area contributed by atoms with E-state index in [4.69, 9.17) is 10.5 Å². The number of benzene rings is 1. The Hall–Kier alpha value is -3.00. The number of pyridine rings is 1. The molecule has 0 radical (unpaired) electrons. The van der Waals surface area contributed by atoms with Crippen molar-refractivity contribution in [1.29, 1.82) is 0 Å². The SMILES string of the molecule is Cc1cc(OCc2c(F)cccc2F)c2nc(C)c(C(=O)NCC(C)(N)CC(C)C)n2c1. The first-order chi connectivity index (χ1) is 15.0. The number of imidazole rings is 1. The second kappa shape index (κ2) is 9.24. The molecule has 2 aromatic heterocycles. The predicted octanol–water partition coefficient (Wildman–Crippen LogP) is 4.30. The van der Waals surface area contributed by atoms with Crippen molar-refractivity contribution in [2.75, 3.05) is 6.54 Å². The van der Waals surface area contributed by atoms with E-state index in [9.17, 15) is 13.6 Å². The Morgan fingerprint density at radius 3 is 2.56 bits per heavy atom. The maximum absolute atomic E-state index is 14.0. The summed E-state index contributed by atoms with van der Waals surface area (Å²) in [5, 5.41) is 2.91. The molecule has 0 saturated carbocycles. The highest BCUT2D eigenvalue weighted by molar-refractivity contribution is 5.95. The van der Waals surface area contributed by atoms with Crippen LogP contribution in [0.15, 0.2) is 30.5 Å². The van der Waals surface area contributed by atoms with Gasteiger partial charge in [0.15, 0.2) is 11.4 Å². The summed E-state index contributed by atoms with van der Waals surface area (Å²) < 4.78 is 35.3. The van der Waals surface area contributed by atoms with Crippen molar-refractivity contribution < 1.29 is 18.3 Å². The van der Waals surface area contributed by atoms with Crippen LogP contribution in [-0.2, 0) is 6.61 Å². The number of ether oxygens (including phenoxy) is 1. The van der Waals surface area contributed by atoms with Crippen molar-refractivity contribution in [2.45, 2.75) is 53.2 Å². The van der Waals surface area contributed by atoms with Gasteiger partial charge in [-0.1, -0.05) is 19.9 Å². The summed E-state index contributed by atoms with van der Waals surface area (Å²) in [6.45, 7) is 9.66. The fourth-order valence-electron chi connectivity index (χ4n) is 3.93. The summed E-state index contributed by atoms with van der Waals surface area (Å²) in [6, 6.07) is 5.39. The maximum Gasteiger partial charge on any atom is 0.270 e. The van der Waals surface area contributed by atoms with Gasteiger partial charge in [-0.2, -0.15) is 0 Å². The quantitative estimate of drug-likeness (QED) is 0.543. The molecule has 0 fully saturated rings. The van der Waals surface area contributed by atoms with Crippen molar-refractivity contribution in [3.05, 3.63) is 64.6 Å². The third-order valence-corrected chi connectivity index (χ3v) is 5.17. The Labute approximate surface area is 186 Å². The summed E-state index contributed by atoms with van der Waals surface area (Å²) >= 11 is 0. The molecule has 3 rings (SSSR count). The predicted molar refractivity (Wildman–Crippen MR) is 120 cm³/mol. The third-order valence-electron chi connectivity index (χ3n) is 5.17. The van der Waals surface area contributed by atoms with Crippen molar-refractivity contribution in [3.8, 4) is 5.75 Å². The monoisotopic (exact) mass is 444 g/mol. The van der Waals surface area contributed by atoms with Gasteiger partial charge in [0, 0.05) is 18.3 Å². The van der Waals surface area contributed by atoms with Gasteiger partial charge >= 0.3 is 0 Å². The lowest BCUT2D eigenvalue weighted by atomic mass is 9.92. The molecular formula is C24H30F2N4O2. The number of hydrogen-bond donors (Lipinski definition) is 2. The summed E-state index contributed by atoms with van der Waals surface area (Å²) in [7, 11) is 0. The fraction of sp³-hybridized carbons (Fsp3) is 0.417. The van der Waals surface area contributed by atoms with Crippen molar-refractivity contribution in [3.63, 3.8) is 0 Å². The smallest absolute Gasteiger partial charge is 0.270 e. The van der Waals surface area contributed by atoms with Crippen LogP contribution in [0.5, 0.6) is 5.75 Å². The first-order valence-corrected chi connectivity index (χ1v) is 10.6. The zero-order valence-electron chi connectivity index (χ0n) is 19.1. The number of amides is 1. The van der Waals surface area contributed by atoms with Crippen LogP contribution in [0, 0.1) is 31.4 Å². The highest BCUT2D eigenvalue weighted by Crippen LogP contribution is 2.26. The van der Waals surface area contributed by atoms with E-state index in [1.165, 1.54) is 18.2 Å². The molecule has 172 valence electrons. The van der Waals surface area contributed by atoms with E-state index in [0.29, 0.717) is 35.2 Å². The van der Waals surface area contributed by atoms with Crippen molar-refractivity contribution in [1.82, 2.24) is 14.7 Å². The van der Waals surface area contributed by atoms with E-state index in [-0.39, 0.29) is 18.1 Å². The number of nitrogens with zero attached hydrogens (tertiary/aromatic N) is 2. The van der Waals surface area contributed by atoms with Gasteiger partial charge in [-0.3, -0.25) is 9.20 Å². The molecule has 0 aliphatic heterocycles. The zero-order chi connectivity index (χ0) is 23.6. The van der Waals surface area contributed by atoms with Crippen LogP contribution in [0.1, 0.15) is 54.5 Å². The number of rotatable bonds is 8. The standard InChI is InChI=1S/C24H30F2N4O2/c1-14(2)10-24(5,27)13-28-23(31)21-16(4)29-22-20(9-15(3)11-30(21)22)32-12-17-18(25)7-6-8-19(17)26/h6-9,11,14H,10,12-13,27H2,1-5H3,(H,28,31). The van der Waals surface area contributed by atoms with Crippen LogP contribution in [-0.4, -0.2) is 27.4 Å². The van der Waals surface area contributed by atoms with Crippen molar-refractivity contribution in [2.24, 2.45) is 11.7 Å². The Kier molecular flexibility index (Phi) is 6.83. The van der Waals surface area contributed by atoms with Gasteiger partial charge in [0.2, 0.25) is 0 Å². The molecule has 0 aliphatic rings. The highest BCUT2D eigenvalue weighted by atomic mass is 19.1. The van der Waals surface area contributed by atoms with E-state index in [0.717, 1.165) is 12.0 Å². The number of nitrogens with one attached hydrogen (secondary N) is 1. The normalized spacial score (nSPS) is 13.4. The van der Waals surface area contributed by atoms with Gasteiger partial charge in [-0.05, 0) is 56.9 Å². The van der Waals surface area contributed by atoms with Gasteiger partial charge in [0.05, 0.1) is 11.3 Å². The summed E-state index contributed by atoms with van der Waals surface area (Å²) in [4.78, 5) is 17.5. The number of carbonyl (C=O) groups is 1. The van der Waals surface area contributed by atoms with Gasteiger partial charge < -0.3 is 15.8 Å². The second-order valence-corrected chi connectivity index (χ2v) is 9.04. The number of hydrogen-bond acceptors (Lipinski definition) is 4. The second-order valence-electron chi connectivity index (χ2n) is 9.04. The minimum absolute atomic E-state index is 0.166. The van der Waals surface area contributed by atoms with Gasteiger partial charge in [-0.25, -0.2) is 13.8 Å². The first kappa shape index (κ1) is 23.7. The molecule has 0 bridgehead atoms. The fourth-order valence-corrected chi connectivity index (χ4v) is 3.93. The minimum atomic E-state index is -0.681. The molecule has 1 atom stereocenters. The molecule has 8 heteroatoms. The van der Waals surface area contributed by atoms with Gasteiger partial charge in [0.1, 0.15) is 23.9 Å². The average molecular weight is 445 g/mol. The lowest BCUT2D eigenvalue weighted by Crippen LogP contribution is -2.48. The molecule has 1 unspecified atom stereocenters. The van der Waals surface area contributed by atoms with E-state index in [1.807, 2.05) is 13.8 Å². The number of aromatic nitrogens is 2. The molecule has 1 aromatic carbocycles. The number of fused-ring (bicyclic) bond motifs is 1. The maximum atomic E-state index is 14.0. The van der Waals surface area contributed by atoms with Gasteiger partial charge in [-0.15, -0.1) is 0 Å². The average Bonchev–Trinajstić information content (AvgIpc) is 3.00. The lowest BCUT2D eigenvalue weighted by Gasteiger charge is -2.26. The van der Waals surface area contributed by atoms with E-state index in [2.05, 4.69) is 24.1 Å². The summed E-state index contributed by atoms with van der Waals surface area (Å²) in [6.07, 6.45) is 2.54. The summed E-state index contributed by atoms with van der Waals surface area (Å²) in [5.74, 6) is -0.925. The molecule has 0 spiro atoms. The topological polar surface area (TPSA) is 81.6 Å². The van der Waals surface area contributed by atoms with Crippen molar-refractivity contribution >= 4 is 11.6 Å². The Balaban J connectivity index is 1.88. The number of nitrogens with two attached hydrogens (primary N) is 1.